The summed E-state index contributed by atoms with van der Waals surface area (Å²) < 4.78 is 33.0. The molecule has 3 aliphatic rings. The Labute approximate surface area is 139 Å². The molecule has 0 atom stereocenters. The van der Waals surface area contributed by atoms with Gasteiger partial charge in [-0.1, -0.05) is 12.1 Å². The second-order valence-corrected chi connectivity index (χ2v) is 7.34. The molecule has 0 fully saturated rings. The lowest BCUT2D eigenvalue weighted by atomic mass is 10.1. The molecule has 7 nitrogen and oxygen atoms in total. The van der Waals surface area contributed by atoms with Crippen LogP contribution in [0.2, 0.25) is 0 Å². The first-order valence-corrected chi connectivity index (χ1v) is 9.18. The number of amidine groups is 1. The highest BCUT2D eigenvalue weighted by Crippen LogP contribution is 2.32. The molecule has 3 heterocycles. The maximum absolute atomic E-state index is 13.0. The van der Waals surface area contributed by atoms with Crippen molar-refractivity contribution in [2.75, 3.05) is 30.3 Å². The Morgan fingerprint density at radius 3 is 2.92 bits per heavy atom. The van der Waals surface area contributed by atoms with E-state index in [1.54, 1.807) is 34.2 Å². The number of sulfonamides is 1. The van der Waals surface area contributed by atoms with Crippen molar-refractivity contribution in [2.24, 2.45) is 4.40 Å². The molecular formula is C16H15N3O4S. The van der Waals surface area contributed by atoms with E-state index in [0.29, 0.717) is 31.1 Å². The van der Waals surface area contributed by atoms with Crippen LogP contribution in [0.4, 0.5) is 5.69 Å². The summed E-state index contributed by atoms with van der Waals surface area (Å²) in [6.45, 7) is 1.08. The molecule has 0 aromatic heterocycles. The predicted octanol–water partition coefficient (Wildman–Crippen LogP) is 0.910. The molecule has 1 aromatic rings. The molecule has 24 heavy (non-hydrogen) atoms. The largest absolute Gasteiger partial charge is 0.490 e. The van der Waals surface area contributed by atoms with Gasteiger partial charge in [-0.05, 0) is 24.3 Å². The molecule has 0 saturated heterocycles. The molecule has 1 amide bonds. The lowest BCUT2D eigenvalue weighted by molar-refractivity contribution is -0.115. The van der Waals surface area contributed by atoms with Crippen LogP contribution in [-0.4, -0.2) is 50.5 Å². The van der Waals surface area contributed by atoms with Crippen LogP contribution in [0.25, 0.3) is 0 Å². The van der Waals surface area contributed by atoms with Gasteiger partial charge in [0.05, 0.1) is 23.6 Å². The summed E-state index contributed by atoms with van der Waals surface area (Å²) in [4.78, 5) is 16.3. The zero-order chi connectivity index (χ0) is 16.7. The van der Waals surface area contributed by atoms with Gasteiger partial charge in [0.25, 0.3) is 15.9 Å². The van der Waals surface area contributed by atoms with Crippen molar-refractivity contribution in [3.63, 3.8) is 0 Å². The van der Waals surface area contributed by atoms with Gasteiger partial charge in [0, 0.05) is 12.7 Å². The summed E-state index contributed by atoms with van der Waals surface area (Å²) in [5, 5.41) is 0. The normalized spacial score (nSPS) is 21.2. The molecule has 1 aromatic carbocycles. The summed E-state index contributed by atoms with van der Waals surface area (Å²) in [5.74, 6) is 0.496. The summed E-state index contributed by atoms with van der Waals surface area (Å²) in [6, 6.07) is 7.29. The highest BCUT2D eigenvalue weighted by molar-refractivity contribution is 7.90. The number of hydrogen-bond donors (Lipinski definition) is 0. The van der Waals surface area contributed by atoms with Gasteiger partial charge in [-0.25, -0.2) is 8.42 Å². The van der Waals surface area contributed by atoms with Gasteiger partial charge in [-0.2, -0.15) is 0 Å². The quantitative estimate of drug-likeness (QED) is 0.756. The third-order valence-corrected chi connectivity index (χ3v) is 5.21. The van der Waals surface area contributed by atoms with Gasteiger partial charge in [0.2, 0.25) is 0 Å². The van der Waals surface area contributed by atoms with E-state index < -0.39 is 10.0 Å². The number of carbonyl (C=O) groups excluding carboxylic acids is 1. The molecule has 0 unspecified atom stereocenters. The molecule has 124 valence electrons. The molecule has 4 rings (SSSR count). The lowest BCUT2D eigenvalue weighted by Gasteiger charge is -2.33. The van der Waals surface area contributed by atoms with E-state index in [-0.39, 0.29) is 23.1 Å². The van der Waals surface area contributed by atoms with E-state index in [0.717, 1.165) is 0 Å². The van der Waals surface area contributed by atoms with Crippen molar-refractivity contribution in [1.29, 1.82) is 0 Å². The highest BCUT2D eigenvalue weighted by atomic mass is 32.2. The molecular weight excluding hydrogens is 330 g/mol. The molecule has 0 aliphatic carbocycles. The average molecular weight is 345 g/mol. The summed E-state index contributed by atoms with van der Waals surface area (Å²) in [6.07, 6.45) is 5.07. The van der Waals surface area contributed by atoms with E-state index >= 15 is 0 Å². The number of ether oxygens (including phenoxy) is 1. The highest BCUT2D eigenvalue weighted by Gasteiger charge is 2.34. The first-order valence-electron chi connectivity index (χ1n) is 7.57. The van der Waals surface area contributed by atoms with E-state index in [4.69, 9.17) is 4.74 Å². The standard InChI is InChI=1S/C16H15N3O4S/c20-16(19-8-10-23-14-6-2-1-5-13(14)19)12-4-3-7-18-9-11-24(21,22)17-15(12)18/h1-7H,8-11H2. The number of nitrogens with zero attached hydrogens (tertiary/aromatic N) is 3. The number of hydrogen-bond acceptors (Lipinski definition) is 5. The Hall–Kier alpha value is -2.61. The average Bonchev–Trinajstić information content (AvgIpc) is 2.59. The number of fused-ring (bicyclic) bond motifs is 2. The van der Waals surface area contributed by atoms with Crippen molar-refractivity contribution in [1.82, 2.24) is 4.90 Å². The minimum Gasteiger partial charge on any atom is -0.490 e. The zero-order valence-electron chi connectivity index (χ0n) is 12.8. The van der Waals surface area contributed by atoms with E-state index in [1.807, 2.05) is 18.2 Å². The maximum atomic E-state index is 13.0. The van der Waals surface area contributed by atoms with Gasteiger partial charge in [0.15, 0.2) is 5.84 Å². The van der Waals surface area contributed by atoms with Crippen LogP contribution in [0.3, 0.4) is 0 Å². The van der Waals surface area contributed by atoms with Crippen LogP contribution >= 0.6 is 0 Å². The number of carbonyl (C=O) groups is 1. The summed E-state index contributed by atoms with van der Waals surface area (Å²) in [7, 11) is -3.53. The Kier molecular flexibility index (Phi) is 3.42. The summed E-state index contributed by atoms with van der Waals surface area (Å²) >= 11 is 0. The molecule has 3 aliphatic heterocycles. The Balaban J connectivity index is 1.74. The van der Waals surface area contributed by atoms with Gasteiger partial charge >= 0.3 is 0 Å². The van der Waals surface area contributed by atoms with Crippen molar-refractivity contribution in [2.45, 2.75) is 0 Å². The number of rotatable bonds is 1. The molecule has 0 spiro atoms. The zero-order valence-corrected chi connectivity index (χ0v) is 13.6. The fraction of sp³-hybridized carbons (Fsp3) is 0.250. The molecule has 0 N–H and O–H groups in total. The number of allylic oxidation sites excluding steroid dienone is 2. The van der Waals surface area contributed by atoms with Crippen LogP contribution in [0.1, 0.15) is 0 Å². The van der Waals surface area contributed by atoms with Crippen molar-refractivity contribution >= 4 is 27.5 Å². The first-order chi connectivity index (χ1) is 11.6. The van der Waals surface area contributed by atoms with Gasteiger partial charge in [-0.3, -0.25) is 4.79 Å². The fourth-order valence-electron chi connectivity index (χ4n) is 2.91. The molecule has 0 bridgehead atoms. The number of para-hydroxylation sites is 2. The van der Waals surface area contributed by atoms with Crippen molar-refractivity contribution in [3.8, 4) is 5.75 Å². The minimum absolute atomic E-state index is 0.0529. The number of benzene rings is 1. The van der Waals surface area contributed by atoms with E-state index in [1.165, 1.54) is 0 Å². The second-order valence-electron chi connectivity index (χ2n) is 5.59. The topological polar surface area (TPSA) is 79.3 Å². The third-order valence-electron chi connectivity index (χ3n) is 4.06. The van der Waals surface area contributed by atoms with Gasteiger partial charge < -0.3 is 14.5 Å². The van der Waals surface area contributed by atoms with Gasteiger partial charge in [0.1, 0.15) is 12.4 Å². The van der Waals surface area contributed by atoms with Crippen molar-refractivity contribution < 1.29 is 17.9 Å². The Morgan fingerprint density at radius 1 is 1.21 bits per heavy atom. The predicted molar refractivity (Wildman–Crippen MR) is 89.4 cm³/mol. The summed E-state index contributed by atoms with van der Waals surface area (Å²) in [5.41, 5.74) is 0.951. The van der Waals surface area contributed by atoms with E-state index in [9.17, 15) is 13.2 Å². The SMILES string of the molecule is O=C(C1=CC=CN2CCS(=O)(=O)N=C12)N1CCOc2ccccc21. The van der Waals surface area contributed by atoms with E-state index in [2.05, 4.69) is 4.40 Å². The minimum atomic E-state index is -3.53. The number of amides is 1. The number of anilines is 1. The molecule has 0 saturated carbocycles. The monoisotopic (exact) mass is 345 g/mol. The third kappa shape index (κ3) is 2.48. The van der Waals surface area contributed by atoms with Gasteiger partial charge in [-0.15, -0.1) is 4.40 Å². The van der Waals surface area contributed by atoms with Crippen LogP contribution < -0.4 is 9.64 Å². The smallest absolute Gasteiger partial charge is 0.262 e. The van der Waals surface area contributed by atoms with Crippen LogP contribution in [0.15, 0.2) is 52.6 Å². The Morgan fingerprint density at radius 2 is 2.04 bits per heavy atom. The Bertz CT molecular complexity index is 902. The van der Waals surface area contributed by atoms with Crippen LogP contribution in [0, 0.1) is 0 Å². The maximum Gasteiger partial charge on any atom is 0.262 e. The lowest BCUT2D eigenvalue weighted by Crippen LogP contribution is -2.45. The second kappa shape index (κ2) is 5.48. The van der Waals surface area contributed by atoms with Crippen LogP contribution in [0.5, 0.6) is 5.75 Å². The van der Waals surface area contributed by atoms with Crippen molar-refractivity contribution in [3.05, 3.63) is 48.2 Å². The molecule has 0 radical (unpaired) electrons. The van der Waals surface area contributed by atoms with Crippen LogP contribution in [-0.2, 0) is 14.8 Å². The first kappa shape index (κ1) is 14.9. The fourth-order valence-corrected chi connectivity index (χ4v) is 3.89. The molecule has 8 heteroatoms.